The summed E-state index contributed by atoms with van der Waals surface area (Å²) in [6, 6.07) is 9.72. The molecule has 0 radical (unpaired) electrons. The molecule has 0 saturated heterocycles. The molecule has 0 bridgehead atoms. The van der Waals surface area contributed by atoms with Gasteiger partial charge in [0.2, 0.25) is 0 Å². The van der Waals surface area contributed by atoms with E-state index < -0.39 is 28.5 Å². The Morgan fingerprint density at radius 2 is 1.97 bits per heavy atom. The molecule has 1 aliphatic heterocycles. The molecule has 0 spiro atoms. The van der Waals surface area contributed by atoms with Gasteiger partial charge in [-0.1, -0.05) is 29.5 Å². The topological polar surface area (TPSA) is 139 Å². The zero-order chi connectivity index (χ0) is 27.6. The van der Waals surface area contributed by atoms with Crippen LogP contribution in [0.25, 0.3) is 6.08 Å². The molecule has 0 unspecified atom stereocenters. The van der Waals surface area contributed by atoms with Crippen LogP contribution in [0.3, 0.4) is 0 Å². The van der Waals surface area contributed by atoms with Crippen LogP contribution in [0.5, 0.6) is 11.5 Å². The quantitative estimate of drug-likeness (QED) is 0.194. The van der Waals surface area contributed by atoms with Crippen molar-refractivity contribution in [1.82, 2.24) is 4.57 Å². The number of esters is 2. The second kappa shape index (κ2) is 10.8. The highest BCUT2D eigenvalue weighted by Crippen LogP contribution is 2.36. The molecule has 0 amide bonds. The summed E-state index contributed by atoms with van der Waals surface area (Å²) in [6.45, 7) is 4.71. The number of non-ortho nitro benzene ring substituents is 1. The van der Waals surface area contributed by atoms with Crippen LogP contribution in [0, 0.1) is 10.1 Å². The molecule has 2 aromatic carbocycles. The SMILES string of the molecule is CCOC(=O)C1=C(C)N=c2s/c(=C/c3cccc([N+](=O)[O-])c3)c(=O)n2[C@@H]1c1ccc(OC(C)=O)c(OC)c1. The number of nitro benzene ring substituents is 1. The largest absolute Gasteiger partial charge is 0.493 e. The number of thiazole rings is 1. The van der Waals surface area contributed by atoms with Gasteiger partial charge >= 0.3 is 11.9 Å². The number of nitro groups is 1. The van der Waals surface area contributed by atoms with Crippen LogP contribution in [0.4, 0.5) is 5.69 Å². The second-order valence-corrected chi connectivity index (χ2v) is 9.17. The van der Waals surface area contributed by atoms with E-state index >= 15 is 0 Å². The van der Waals surface area contributed by atoms with E-state index in [9.17, 15) is 24.5 Å². The molecule has 0 fully saturated rings. The predicted octanol–water partition coefficient (Wildman–Crippen LogP) is 2.64. The van der Waals surface area contributed by atoms with Crippen molar-refractivity contribution in [2.75, 3.05) is 13.7 Å². The highest BCUT2D eigenvalue weighted by Gasteiger charge is 2.34. The van der Waals surface area contributed by atoms with Crippen molar-refractivity contribution >= 4 is 35.0 Å². The van der Waals surface area contributed by atoms with E-state index in [1.807, 2.05) is 0 Å². The van der Waals surface area contributed by atoms with Gasteiger partial charge in [0.15, 0.2) is 16.3 Å². The Hall–Kier alpha value is -4.58. The number of carbonyl (C=O) groups excluding carboxylic acids is 2. The lowest BCUT2D eigenvalue weighted by Crippen LogP contribution is -2.40. The fraction of sp³-hybridized carbons (Fsp3) is 0.231. The number of aromatic nitrogens is 1. The van der Waals surface area contributed by atoms with Crippen LogP contribution in [0.2, 0.25) is 0 Å². The van der Waals surface area contributed by atoms with Gasteiger partial charge in [-0.25, -0.2) is 9.79 Å². The summed E-state index contributed by atoms with van der Waals surface area (Å²) in [5.41, 5.74) is 0.961. The summed E-state index contributed by atoms with van der Waals surface area (Å²) in [6.07, 6.45) is 1.54. The van der Waals surface area contributed by atoms with E-state index in [2.05, 4.69) is 4.99 Å². The van der Waals surface area contributed by atoms with Gasteiger partial charge in [-0.3, -0.25) is 24.3 Å². The summed E-state index contributed by atoms with van der Waals surface area (Å²) < 4.78 is 17.5. The molecule has 38 heavy (non-hydrogen) atoms. The minimum Gasteiger partial charge on any atom is -0.493 e. The Labute approximate surface area is 220 Å². The van der Waals surface area contributed by atoms with Crippen LogP contribution in [-0.2, 0) is 14.3 Å². The third kappa shape index (κ3) is 5.11. The van der Waals surface area contributed by atoms with Gasteiger partial charge in [-0.2, -0.15) is 0 Å². The van der Waals surface area contributed by atoms with Crippen LogP contribution in [0.15, 0.2) is 63.5 Å². The molecule has 196 valence electrons. The smallest absolute Gasteiger partial charge is 0.338 e. The van der Waals surface area contributed by atoms with Crippen molar-refractivity contribution < 1.29 is 28.7 Å². The monoisotopic (exact) mass is 537 g/mol. The predicted molar refractivity (Wildman–Crippen MR) is 138 cm³/mol. The number of fused-ring (bicyclic) bond motifs is 1. The van der Waals surface area contributed by atoms with Crippen LogP contribution in [0.1, 0.15) is 37.9 Å². The average molecular weight is 538 g/mol. The molecular formula is C26H23N3O8S. The fourth-order valence-electron chi connectivity index (χ4n) is 4.08. The van der Waals surface area contributed by atoms with Gasteiger partial charge in [0, 0.05) is 19.1 Å². The molecule has 0 N–H and O–H groups in total. The first-order valence-electron chi connectivity index (χ1n) is 11.4. The van der Waals surface area contributed by atoms with Crippen LogP contribution < -0.4 is 24.4 Å². The number of methoxy groups -OCH3 is 1. The number of ether oxygens (including phenoxy) is 3. The summed E-state index contributed by atoms with van der Waals surface area (Å²) in [4.78, 5) is 53.8. The maximum absolute atomic E-state index is 13.7. The van der Waals surface area contributed by atoms with E-state index in [4.69, 9.17) is 14.2 Å². The number of benzene rings is 2. The number of rotatable bonds is 7. The van der Waals surface area contributed by atoms with Crippen molar-refractivity contribution in [2.45, 2.75) is 26.8 Å². The van der Waals surface area contributed by atoms with Crippen molar-refractivity contribution in [2.24, 2.45) is 4.99 Å². The zero-order valence-electron chi connectivity index (χ0n) is 20.9. The number of hydrogen-bond acceptors (Lipinski definition) is 10. The van der Waals surface area contributed by atoms with Gasteiger partial charge < -0.3 is 14.2 Å². The Balaban J connectivity index is 1.95. The van der Waals surface area contributed by atoms with Crippen molar-refractivity contribution in [3.05, 3.63) is 94.7 Å². The molecule has 11 nitrogen and oxygen atoms in total. The van der Waals surface area contributed by atoms with E-state index in [1.54, 1.807) is 38.1 Å². The fourth-order valence-corrected chi connectivity index (χ4v) is 5.13. The summed E-state index contributed by atoms with van der Waals surface area (Å²) in [5.74, 6) is -0.752. The normalized spacial score (nSPS) is 14.9. The zero-order valence-corrected chi connectivity index (χ0v) is 21.7. The maximum Gasteiger partial charge on any atom is 0.338 e. The van der Waals surface area contributed by atoms with Crippen molar-refractivity contribution in [3.63, 3.8) is 0 Å². The number of nitrogens with zero attached hydrogens (tertiary/aromatic N) is 3. The lowest BCUT2D eigenvalue weighted by Gasteiger charge is -2.25. The van der Waals surface area contributed by atoms with E-state index in [0.717, 1.165) is 11.3 Å². The molecule has 3 aromatic rings. The Morgan fingerprint density at radius 3 is 2.63 bits per heavy atom. The van der Waals surface area contributed by atoms with Crippen molar-refractivity contribution in [3.8, 4) is 11.5 Å². The van der Waals surface area contributed by atoms with E-state index in [1.165, 1.54) is 42.9 Å². The molecule has 4 rings (SSSR count). The standard InChI is InChI=1S/C26H23N3O8S/c1-5-36-25(32)22-14(2)27-26-28(23(22)17-9-10-19(37-15(3)30)20(13-17)35-4)24(31)21(38-26)12-16-7-6-8-18(11-16)29(33)34/h6-13,23H,5H2,1-4H3/b21-12+/t23-/m1/s1. The summed E-state index contributed by atoms with van der Waals surface area (Å²) in [5, 5.41) is 11.2. The molecule has 2 heterocycles. The Kier molecular flexibility index (Phi) is 7.53. The third-order valence-corrected chi connectivity index (χ3v) is 6.64. The van der Waals surface area contributed by atoms with Gasteiger partial charge in [-0.05, 0) is 43.2 Å². The number of carbonyl (C=O) groups is 2. The molecular weight excluding hydrogens is 514 g/mol. The molecule has 0 aliphatic carbocycles. The molecule has 1 aromatic heterocycles. The van der Waals surface area contributed by atoms with Gasteiger partial charge in [0.25, 0.3) is 11.2 Å². The maximum atomic E-state index is 13.7. The minimum atomic E-state index is -0.919. The molecule has 1 atom stereocenters. The number of allylic oxidation sites excluding steroid dienone is 1. The first kappa shape index (κ1) is 26.5. The van der Waals surface area contributed by atoms with Crippen molar-refractivity contribution in [1.29, 1.82) is 0 Å². The number of hydrogen-bond donors (Lipinski definition) is 0. The molecule has 0 saturated carbocycles. The minimum absolute atomic E-state index is 0.107. The summed E-state index contributed by atoms with van der Waals surface area (Å²) >= 11 is 1.09. The first-order chi connectivity index (χ1) is 18.1. The molecule has 1 aliphatic rings. The average Bonchev–Trinajstić information content (AvgIpc) is 3.17. The highest BCUT2D eigenvalue weighted by molar-refractivity contribution is 7.07. The van der Waals surface area contributed by atoms with Gasteiger partial charge in [0.05, 0.1) is 40.5 Å². The van der Waals surface area contributed by atoms with Gasteiger partial charge in [-0.15, -0.1) is 0 Å². The van der Waals surface area contributed by atoms with Crippen LogP contribution in [-0.4, -0.2) is 35.1 Å². The van der Waals surface area contributed by atoms with E-state index in [-0.39, 0.29) is 33.9 Å². The highest BCUT2D eigenvalue weighted by atomic mass is 32.1. The lowest BCUT2D eigenvalue weighted by molar-refractivity contribution is -0.384. The summed E-state index contributed by atoms with van der Waals surface area (Å²) in [7, 11) is 1.41. The second-order valence-electron chi connectivity index (χ2n) is 8.16. The van der Waals surface area contributed by atoms with Crippen LogP contribution >= 0.6 is 11.3 Å². The van der Waals surface area contributed by atoms with E-state index in [0.29, 0.717) is 21.6 Å². The first-order valence-corrected chi connectivity index (χ1v) is 12.3. The van der Waals surface area contributed by atoms with Gasteiger partial charge in [0.1, 0.15) is 0 Å². The Bertz CT molecular complexity index is 1670. The third-order valence-electron chi connectivity index (χ3n) is 5.65. The lowest BCUT2D eigenvalue weighted by atomic mass is 9.95. The Morgan fingerprint density at radius 1 is 1.21 bits per heavy atom. The molecule has 12 heteroatoms.